The van der Waals surface area contributed by atoms with Gasteiger partial charge in [0.1, 0.15) is 35.3 Å². The summed E-state index contributed by atoms with van der Waals surface area (Å²) in [6.07, 6.45) is 2.14. The topological polar surface area (TPSA) is 142 Å². The monoisotopic (exact) mass is 532 g/mol. The van der Waals surface area contributed by atoms with Crippen molar-refractivity contribution in [3.05, 3.63) is 11.9 Å². The molecule has 2 amide bonds. The van der Waals surface area contributed by atoms with Crippen LogP contribution >= 0.6 is 0 Å². The van der Waals surface area contributed by atoms with Gasteiger partial charge in [-0.1, -0.05) is 0 Å². The highest BCUT2D eigenvalue weighted by molar-refractivity contribution is 6.18. The quantitative estimate of drug-likeness (QED) is 0.547. The van der Waals surface area contributed by atoms with Crippen LogP contribution in [-0.4, -0.2) is 68.3 Å². The molecule has 2 aliphatic rings. The Morgan fingerprint density at radius 1 is 1.11 bits per heavy atom. The zero-order chi connectivity index (χ0) is 28.0. The van der Waals surface area contributed by atoms with Gasteiger partial charge in [0.05, 0.1) is 11.5 Å². The highest BCUT2D eigenvalue weighted by Gasteiger charge is 2.46. The van der Waals surface area contributed by atoms with Gasteiger partial charge >= 0.3 is 18.2 Å². The number of amides is 2. The first kappa shape index (κ1) is 27.6. The van der Waals surface area contributed by atoms with Crippen molar-refractivity contribution in [3.8, 4) is 5.88 Å². The Kier molecular flexibility index (Phi) is 7.06. The predicted octanol–water partition coefficient (Wildman–Crippen LogP) is 4.87. The molecule has 1 saturated heterocycles. The molecule has 1 N–H and O–H groups in total. The molecule has 12 heteroatoms. The van der Waals surface area contributed by atoms with Crippen LogP contribution in [0.2, 0.25) is 0 Å². The molecule has 2 aromatic heterocycles. The third-order valence-corrected chi connectivity index (χ3v) is 6.21. The number of nitrogens with zero attached hydrogens (tertiary/aromatic N) is 4. The molecule has 2 fully saturated rings. The van der Waals surface area contributed by atoms with E-state index in [-0.39, 0.29) is 41.0 Å². The van der Waals surface area contributed by atoms with E-state index in [0.29, 0.717) is 11.5 Å². The summed E-state index contributed by atoms with van der Waals surface area (Å²) in [5.41, 5.74) is -2.39. The highest BCUT2D eigenvalue weighted by Crippen LogP contribution is 2.50. The zero-order valence-corrected chi connectivity index (χ0v) is 23.0. The van der Waals surface area contributed by atoms with E-state index < -0.39 is 34.9 Å². The summed E-state index contributed by atoms with van der Waals surface area (Å²) in [4.78, 5) is 48.7. The molecule has 3 heterocycles. The minimum atomic E-state index is -1.32. The Morgan fingerprint density at radius 2 is 1.71 bits per heavy atom. The van der Waals surface area contributed by atoms with E-state index in [9.17, 15) is 19.5 Å². The fourth-order valence-corrected chi connectivity index (χ4v) is 4.30. The molecule has 1 aliphatic heterocycles. The van der Waals surface area contributed by atoms with Crippen LogP contribution in [-0.2, 0) is 19.7 Å². The second kappa shape index (κ2) is 9.72. The van der Waals surface area contributed by atoms with Gasteiger partial charge in [-0.3, -0.25) is 4.57 Å². The average Bonchev–Trinajstić information content (AvgIpc) is 3.18. The SMILES string of the molecule is CC(C)(C)OC(=O)N(C(=O)OC(C)(C)C)c1ncnc2c1c(C(=O)O)c(OCC1CCCO1)n2C1(C)CC1. The van der Waals surface area contributed by atoms with Crippen LogP contribution < -0.4 is 9.64 Å². The van der Waals surface area contributed by atoms with Crippen LogP contribution in [0.15, 0.2) is 6.33 Å². The first-order valence-electron chi connectivity index (χ1n) is 12.7. The van der Waals surface area contributed by atoms with Crippen molar-refractivity contribution in [1.29, 1.82) is 0 Å². The minimum Gasteiger partial charge on any atom is -0.477 e. The fourth-order valence-electron chi connectivity index (χ4n) is 4.30. The molecule has 4 rings (SSSR count). The summed E-state index contributed by atoms with van der Waals surface area (Å²) in [7, 11) is 0. The van der Waals surface area contributed by atoms with Crippen LogP contribution in [0.25, 0.3) is 11.0 Å². The molecule has 1 atom stereocenters. The Balaban J connectivity index is 1.93. The number of carbonyl (C=O) groups excluding carboxylic acids is 2. The van der Waals surface area contributed by atoms with Gasteiger partial charge in [0.15, 0.2) is 5.82 Å². The molecule has 0 bridgehead atoms. The first-order valence-corrected chi connectivity index (χ1v) is 12.7. The third-order valence-electron chi connectivity index (χ3n) is 6.21. The number of aromatic carboxylic acids is 1. The van der Waals surface area contributed by atoms with Gasteiger partial charge in [-0.2, -0.15) is 4.90 Å². The van der Waals surface area contributed by atoms with E-state index in [1.807, 2.05) is 6.92 Å². The number of hydrogen-bond acceptors (Lipinski definition) is 9. The van der Waals surface area contributed by atoms with Crippen molar-refractivity contribution in [1.82, 2.24) is 14.5 Å². The van der Waals surface area contributed by atoms with Crippen molar-refractivity contribution in [2.45, 2.75) is 97.0 Å². The van der Waals surface area contributed by atoms with E-state index in [0.717, 1.165) is 25.7 Å². The number of carboxylic acid groups (broad SMARTS) is 1. The molecule has 38 heavy (non-hydrogen) atoms. The van der Waals surface area contributed by atoms with Gasteiger partial charge in [-0.15, -0.1) is 0 Å². The molecule has 0 spiro atoms. The Morgan fingerprint density at radius 3 is 2.18 bits per heavy atom. The number of fused-ring (bicyclic) bond motifs is 1. The third kappa shape index (κ3) is 5.69. The smallest absolute Gasteiger partial charge is 0.425 e. The number of anilines is 1. The maximum absolute atomic E-state index is 13.4. The maximum Gasteiger partial charge on any atom is 0.425 e. The second-order valence-electron chi connectivity index (χ2n) is 12.0. The van der Waals surface area contributed by atoms with Crippen molar-refractivity contribution >= 4 is 35.0 Å². The number of hydrogen-bond donors (Lipinski definition) is 1. The van der Waals surface area contributed by atoms with Gasteiger partial charge in [-0.25, -0.2) is 24.4 Å². The molecule has 0 radical (unpaired) electrons. The van der Waals surface area contributed by atoms with Gasteiger partial charge in [0.25, 0.3) is 0 Å². The average molecular weight is 533 g/mol. The normalized spacial score (nSPS) is 18.8. The van der Waals surface area contributed by atoms with Crippen LogP contribution in [0.4, 0.5) is 15.4 Å². The Bertz CT molecular complexity index is 1220. The van der Waals surface area contributed by atoms with Crippen LogP contribution in [0.5, 0.6) is 5.88 Å². The molecule has 1 saturated carbocycles. The van der Waals surface area contributed by atoms with E-state index in [4.69, 9.17) is 18.9 Å². The number of aromatic nitrogens is 3. The van der Waals surface area contributed by atoms with Gasteiger partial charge in [0, 0.05) is 12.1 Å². The number of imide groups is 1. The largest absolute Gasteiger partial charge is 0.477 e. The number of carbonyl (C=O) groups is 3. The number of ether oxygens (including phenoxy) is 4. The van der Waals surface area contributed by atoms with Crippen LogP contribution in [0.1, 0.15) is 84.5 Å². The van der Waals surface area contributed by atoms with Crippen molar-refractivity contribution in [2.75, 3.05) is 18.1 Å². The van der Waals surface area contributed by atoms with E-state index in [1.54, 1.807) is 46.1 Å². The molecule has 1 aliphatic carbocycles. The van der Waals surface area contributed by atoms with Crippen LogP contribution in [0, 0.1) is 0 Å². The molecular weight excluding hydrogens is 496 g/mol. The summed E-state index contributed by atoms with van der Waals surface area (Å²) in [5, 5.41) is 10.4. The number of carboxylic acids is 1. The molecule has 208 valence electrons. The summed E-state index contributed by atoms with van der Waals surface area (Å²) in [5.74, 6) is -1.50. The molecule has 2 aromatic rings. The predicted molar refractivity (Wildman–Crippen MR) is 137 cm³/mol. The molecule has 12 nitrogen and oxygen atoms in total. The lowest BCUT2D eigenvalue weighted by Crippen LogP contribution is -2.44. The summed E-state index contributed by atoms with van der Waals surface area (Å²) in [6, 6.07) is 0. The summed E-state index contributed by atoms with van der Waals surface area (Å²) in [6.45, 7) is 12.6. The molecule has 1 unspecified atom stereocenters. The summed E-state index contributed by atoms with van der Waals surface area (Å²) < 4.78 is 24.5. The maximum atomic E-state index is 13.4. The fraction of sp³-hybridized carbons (Fsp3) is 0.654. The van der Waals surface area contributed by atoms with E-state index in [1.165, 1.54) is 6.33 Å². The van der Waals surface area contributed by atoms with Gasteiger partial charge < -0.3 is 24.1 Å². The van der Waals surface area contributed by atoms with E-state index in [2.05, 4.69) is 9.97 Å². The van der Waals surface area contributed by atoms with Crippen molar-refractivity contribution in [3.63, 3.8) is 0 Å². The molecule has 0 aromatic carbocycles. The van der Waals surface area contributed by atoms with Crippen molar-refractivity contribution in [2.24, 2.45) is 0 Å². The molecular formula is C26H36N4O8. The van der Waals surface area contributed by atoms with Crippen LogP contribution in [0.3, 0.4) is 0 Å². The number of rotatable bonds is 6. The first-order chi connectivity index (χ1) is 17.6. The van der Waals surface area contributed by atoms with E-state index >= 15 is 0 Å². The Hall–Kier alpha value is -3.41. The van der Waals surface area contributed by atoms with Gasteiger partial charge in [-0.05, 0) is 74.1 Å². The summed E-state index contributed by atoms with van der Waals surface area (Å²) >= 11 is 0. The van der Waals surface area contributed by atoms with Crippen molar-refractivity contribution < 1.29 is 38.4 Å². The lowest BCUT2D eigenvalue weighted by Gasteiger charge is -2.28. The Labute approximate surface area is 221 Å². The zero-order valence-electron chi connectivity index (χ0n) is 23.0. The lowest BCUT2D eigenvalue weighted by molar-refractivity contribution is 0.0428. The highest BCUT2D eigenvalue weighted by atomic mass is 16.6. The second-order valence-corrected chi connectivity index (χ2v) is 12.0. The standard InChI is InChI=1S/C26H36N4O8/c1-24(2,3)37-22(33)29(23(34)38-25(4,5)6)18-16-17(21(31)32)20(36-13-15-9-8-12-35-15)30(26(7)10-11-26)19(16)28-14-27-18/h14-15H,8-13H2,1-7H3,(H,31,32). The lowest BCUT2D eigenvalue weighted by atomic mass is 10.2. The minimum absolute atomic E-state index is 0.0211. The van der Waals surface area contributed by atoms with Gasteiger partial charge in [0.2, 0.25) is 5.88 Å².